The van der Waals surface area contributed by atoms with Crippen LogP contribution >= 0.6 is 11.8 Å². The van der Waals surface area contributed by atoms with E-state index >= 15 is 0 Å². The van der Waals surface area contributed by atoms with Crippen molar-refractivity contribution in [3.63, 3.8) is 0 Å². The van der Waals surface area contributed by atoms with Gasteiger partial charge in [-0.1, -0.05) is 24.3 Å². The van der Waals surface area contributed by atoms with Gasteiger partial charge in [0, 0.05) is 0 Å². The Morgan fingerprint density at radius 2 is 2.00 bits per heavy atom. The van der Waals surface area contributed by atoms with Crippen molar-refractivity contribution in [1.82, 2.24) is 0 Å². The zero-order valence-corrected chi connectivity index (χ0v) is 10.8. The zero-order chi connectivity index (χ0) is 11.4. The first-order valence-corrected chi connectivity index (χ1v) is 7.31. The summed E-state index contributed by atoms with van der Waals surface area (Å²) in [6.07, 6.45) is 2.67. The lowest BCUT2D eigenvalue weighted by atomic mass is 9.81. The van der Waals surface area contributed by atoms with E-state index in [9.17, 15) is 0 Å². The number of thioether (sulfide) groups is 1. The average molecular weight is 235 g/mol. The topological polar surface area (TPSA) is 26.0 Å². The molecule has 88 valence electrons. The lowest BCUT2D eigenvalue weighted by Crippen LogP contribution is -2.25. The van der Waals surface area contributed by atoms with E-state index in [2.05, 4.69) is 43.0 Å². The summed E-state index contributed by atoms with van der Waals surface area (Å²) in [5.74, 6) is 3.99. The Bertz CT molecular complexity index is 331. The number of rotatable bonds is 3. The van der Waals surface area contributed by atoms with Gasteiger partial charge in [-0.2, -0.15) is 11.8 Å². The first-order chi connectivity index (χ1) is 7.83. The summed E-state index contributed by atoms with van der Waals surface area (Å²) >= 11 is 2.09. The predicted molar refractivity (Wildman–Crippen MR) is 73.0 cm³/mol. The predicted octanol–water partition coefficient (Wildman–Crippen LogP) is 3.18. The fraction of sp³-hybridized carbons (Fsp3) is 0.571. The van der Waals surface area contributed by atoms with Crippen molar-refractivity contribution in [1.29, 1.82) is 0 Å². The third kappa shape index (κ3) is 2.61. The number of nitrogens with two attached hydrogens (primary N) is 1. The van der Waals surface area contributed by atoms with E-state index in [-0.39, 0.29) is 0 Å². The van der Waals surface area contributed by atoms with E-state index in [0.29, 0.717) is 5.92 Å². The Kier molecular flexibility index (Phi) is 4.30. The maximum Gasteiger partial charge on any atom is -0.000545 e. The van der Waals surface area contributed by atoms with Gasteiger partial charge in [-0.05, 0) is 60.8 Å². The molecule has 1 heterocycles. The summed E-state index contributed by atoms with van der Waals surface area (Å²) < 4.78 is 0. The first-order valence-electron chi connectivity index (χ1n) is 6.16. The van der Waals surface area contributed by atoms with Crippen LogP contribution in [0.2, 0.25) is 0 Å². The first kappa shape index (κ1) is 12.0. The lowest BCUT2D eigenvalue weighted by molar-refractivity contribution is 0.399. The maximum absolute atomic E-state index is 6.00. The van der Waals surface area contributed by atoms with Crippen molar-refractivity contribution in [3.05, 3.63) is 35.4 Å². The molecular formula is C14H21NS. The summed E-state index contributed by atoms with van der Waals surface area (Å²) in [6.45, 7) is 3.00. The van der Waals surface area contributed by atoms with Crippen LogP contribution in [0.3, 0.4) is 0 Å². The molecule has 0 spiro atoms. The molecule has 16 heavy (non-hydrogen) atoms. The van der Waals surface area contributed by atoms with E-state index < -0.39 is 0 Å². The van der Waals surface area contributed by atoms with Gasteiger partial charge in [-0.15, -0.1) is 0 Å². The second-order valence-electron chi connectivity index (χ2n) is 4.65. The van der Waals surface area contributed by atoms with E-state index in [0.717, 1.165) is 12.5 Å². The largest absolute Gasteiger partial charge is 0.330 e. The van der Waals surface area contributed by atoms with Crippen LogP contribution in [-0.2, 0) is 0 Å². The molecule has 1 aromatic rings. The van der Waals surface area contributed by atoms with Crippen molar-refractivity contribution in [3.8, 4) is 0 Å². The Morgan fingerprint density at radius 1 is 1.31 bits per heavy atom. The fourth-order valence-electron chi connectivity index (χ4n) is 2.69. The molecule has 0 amide bonds. The second kappa shape index (κ2) is 5.74. The molecule has 1 unspecified atom stereocenters. The molecule has 1 saturated heterocycles. The Hall–Kier alpha value is -0.470. The summed E-state index contributed by atoms with van der Waals surface area (Å²) in [5.41, 5.74) is 8.87. The molecule has 1 atom stereocenters. The van der Waals surface area contributed by atoms with Crippen LogP contribution in [0.4, 0.5) is 0 Å². The number of benzene rings is 1. The third-order valence-electron chi connectivity index (χ3n) is 3.68. The Labute approximate surface area is 103 Å². The highest BCUT2D eigenvalue weighted by atomic mass is 32.2. The van der Waals surface area contributed by atoms with Gasteiger partial charge in [0.1, 0.15) is 0 Å². The van der Waals surface area contributed by atoms with Crippen LogP contribution in [-0.4, -0.2) is 18.1 Å². The smallest absolute Gasteiger partial charge is 0.000545 e. The van der Waals surface area contributed by atoms with E-state index in [1.54, 1.807) is 0 Å². The highest BCUT2D eigenvalue weighted by Crippen LogP contribution is 2.35. The molecule has 0 bridgehead atoms. The van der Waals surface area contributed by atoms with Crippen LogP contribution in [0.5, 0.6) is 0 Å². The number of hydrogen-bond donors (Lipinski definition) is 1. The molecule has 1 aromatic carbocycles. The number of aryl methyl sites for hydroxylation is 1. The standard InChI is InChI=1S/C14H21NS/c1-11-4-2-3-5-13(11)14(10-15)12-6-8-16-9-7-12/h2-5,12,14H,6-10,15H2,1H3. The van der Waals surface area contributed by atoms with Crippen molar-refractivity contribution < 1.29 is 0 Å². The van der Waals surface area contributed by atoms with Gasteiger partial charge in [0.15, 0.2) is 0 Å². The van der Waals surface area contributed by atoms with Gasteiger partial charge in [0.25, 0.3) is 0 Å². The van der Waals surface area contributed by atoms with Crippen LogP contribution in [0.25, 0.3) is 0 Å². The lowest BCUT2D eigenvalue weighted by Gasteiger charge is -2.30. The summed E-state index contributed by atoms with van der Waals surface area (Å²) in [7, 11) is 0. The molecule has 2 heteroatoms. The van der Waals surface area contributed by atoms with Gasteiger partial charge in [0.2, 0.25) is 0 Å². The Balaban J connectivity index is 2.18. The molecule has 0 saturated carbocycles. The molecule has 0 aliphatic carbocycles. The minimum atomic E-state index is 0.571. The van der Waals surface area contributed by atoms with Crippen molar-refractivity contribution in [2.75, 3.05) is 18.1 Å². The van der Waals surface area contributed by atoms with Crippen LogP contribution < -0.4 is 5.73 Å². The van der Waals surface area contributed by atoms with Crippen molar-refractivity contribution in [2.45, 2.75) is 25.7 Å². The van der Waals surface area contributed by atoms with Gasteiger partial charge in [-0.25, -0.2) is 0 Å². The zero-order valence-electron chi connectivity index (χ0n) is 9.99. The van der Waals surface area contributed by atoms with Crippen molar-refractivity contribution in [2.24, 2.45) is 11.7 Å². The molecule has 2 N–H and O–H groups in total. The molecule has 0 aromatic heterocycles. The molecule has 2 rings (SSSR count). The van der Waals surface area contributed by atoms with E-state index in [4.69, 9.17) is 5.73 Å². The van der Waals surface area contributed by atoms with Crippen LogP contribution in [0.15, 0.2) is 24.3 Å². The quantitative estimate of drug-likeness (QED) is 0.871. The summed E-state index contributed by atoms with van der Waals surface area (Å²) in [4.78, 5) is 0. The average Bonchev–Trinajstić information content (AvgIpc) is 2.34. The number of hydrogen-bond acceptors (Lipinski definition) is 2. The molecule has 1 fully saturated rings. The minimum absolute atomic E-state index is 0.571. The van der Waals surface area contributed by atoms with Gasteiger partial charge in [0.05, 0.1) is 0 Å². The minimum Gasteiger partial charge on any atom is -0.330 e. The SMILES string of the molecule is Cc1ccccc1C(CN)C1CCSCC1. The van der Waals surface area contributed by atoms with Gasteiger partial charge < -0.3 is 5.73 Å². The molecular weight excluding hydrogens is 214 g/mol. The van der Waals surface area contributed by atoms with Crippen LogP contribution in [0.1, 0.15) is 29.9 Å². The normalized spacial score (nSPS) is 19.6. The highest BCUT2D eigenvalue weighted by molar-refractivity contribution is 7.99. The second-order valence-corrected chi connectivity index (χ2v) is 5.87. The summed E-state index contributed by atoms with van der Waals surface area (Å²) in [5, 5.41) is 0. The van der Waals surface area contributed by atoms with E-state index in [1.807, 2.05) is 0 Å². The molecule has 1 nitrogen and oxygen atoms in total. The molecule has 0 radical (unpaired) electrons. The molecule has 1 aliphatic rings. The van der Waals surface area contributed by atoms with Crippen LogP contribution in [0, 0.1) is 12.8 Å². The Morgan fingerprint density at radius 3 is 2.62 bits per heavy atom. The molecule has 1 aliphatic heterocycles. The highest BCUT2D eigenvalue weighted by Gasteiger charge is 2.24. The summed E-state index contributed by atoms with van der Waals surface area (Å²) in [6, 6.07) is 8.72. The fourth-order valence-corrected chi connectivity index (χ4v) is 3.84. The maximum atomic E-state index is 6.00. The van der Waals surface area contributed by atoms with Gasteiger partial charge >= 0.3 is 0 Å². The van der Waals surface area contributed by atoms with Crippen molar-refractivity contribution >= 4 is 11.8 Å². The monoisotopic (exact) mass is 235 g/mol. The third-order valence-corrected chi connectivity index (χ3v) is 4.73. The van der Waals surface area contributed by atoms with Gasteiger partial charge in [-0.3, -0.25) is 0 Å². The van der Waals surface area contributed by atoms with E-state index in [1.165, 1.54) is 35.5 Å².